The average Bonchev–Trinajstić information content (AvgIpc) is 2.85. The van der Waals surface area contributed by atoms with E-state index < -0.39 is 5.60 Å². The summed E-state index contributed by atoms with van der Waals surface area (Å²) in [5.41, 5.74) is -0.276. The van der Waals surface area contributed by atoms with Crippen molar-refractivity contribution in [3.05, 3.63) is 34.9 Å². The summed E-state index contributed by atoms with van der Waals surface area (Å²) in [6.07, 6.45) is 11.1. The Balaban J connectivity index is 1.68. The topological polar surface area (TPSA) is 84.8 Å². The standard InChI is InChI=1S/C27H44ClN3O3/c1-29-19-25(17-21-9-3-2-4-10-21)30-26(33)31-15-8-12-23(20-31)27(34,14-5-6-16-32)22-11-7-13-24(28)18-22/h7,11,13,18,21,23,25,29,32,34H,2-6,8-10,12,14-17,19-20H2,1H3,(H,30,33)/t23-,25?,27-/m1/s1. The third-order valence-corrected chi connectivity index (χ3v) is 8.03. The normalized spacial score (nSPS) is 22.2. The lowest BCUT2D eigenvalue weighted by Gasteiger charge is -2.43. The summed E-state index contributed by atoms with van der Waals surface area (Å²) < 4.78 is 0. The molecule has 3 rings (SSSR count). The van der Waals surface area contributed by atoms with Gasteiger partial charge >= 0.3 is 6.03 Å². The number of likely N-dealkylation sites (tertiary alicyclic amines) is 1. The quantitative estimate of drug-likeness (QED) is 0.337. The molecule has 1 saturated heterocycles. The molecule has 4 N–H and O–H groups in total. The molecule has 1 unspecified atom stereocenters. The van der Waals surface area contributed by atoms with E-state index in [2.05, 4.69) is 10.6 Å². The highest BCUT2D eigenvalue weighted by molar-refractivity contribution is 6.30. The number of nitrogens with one attached hydrogen (secondary N) is 2. The van der Waals surface area contributed by atoms with Gasteiger partial charge in [-0.2, -0.15) is 0 Å². The number of aliphatic hydroxyl groups is 2. The highest BCUT2D eigenvalue weighted by atomic mass is 35.5. The van der Waals surface area contributed by atoms with Crippen molar-refractivity contribution in [1.82, 2.24) is 15.5 Å². The van der Waals surface area contributed by atoms with Gasteiger partial charge in [0.2, 0.25) is 0 Å². The summed E-state index contributed by atoms with van der Waals surface area (Å²) in [6, 6.07) is 7.55. The number of hydrogen-bond donors (Lipinski definition) is 4. The summed E-state index contributed by atoms with van der Waals surface area (Å²) >= 11 is 6.27. The predicted molar refractivity (Wildman–Crippen MR) is 138 cm³/mol. The molecule has 0 radical (unpaired) electrons. The van der Waals surface area contributed by atoms with E-state index in [1.807, 2.05) is 36.2 Å². The predicted octanol–water partition coefficient (Wildman–Crippen LogP) is 4.67. The van der Waals surface area contributed by atoms with E-state index in [1.165, 1.54) is 32.1 Å². The van der Waals surface area contributed by atoms with Crippen molar-refractivity contribution in [2.75, 3.05) is 33.3 Å². The number of hydrogen-bond acceptors (Lipinski definition) is 4. The summed E-state index contributed by atoms with van der Waals surface area (Å²) in [4.78, 5) is 15.2. The van der Waals surface area contributed by atoms with Gasteiger partial charge in [-0.3, -0.25) is 0 Å². The fourth-order valence-electron chi connectivity index (χ4n) is 5.93. The lowest BCUT2D eigenvalue weighted by atomic mass is 9.74. The minimum Gasteiger partial charge on any atom is -0.396 e. The Hall–Kier alpha value is -1.34. The van der Waals surface area contributed by atoms with Crippen LogP contribution in [0.5, 0.6) is 0 Å². The Morgan fingerprint density at radius 3 is 2.71 bits per heavy atom. The van der Waals surface area contributed by atoms with Gasteiger partial charge in [0.25, 0.3) is 0 Å². The molecule has 1 aliphatic heterocycles. The molecule has 1 aliphatic carbocycles. The van der Waals surface area contributed by atoms with Crippen LogP contribution < -0.4 is 10.6 Å². The minimum absolute atomic E-state index is 0.0236. The first-order valence-electron chi connectivity index (χ1n) is 13.3. The molecule has 1 aromatic rings. The number of benzene rings is 1. The lowest BCUT2D eigenvalue weighted by molar-refractivity contribution is -0.0561. The van der Waals surface area contributed by atoms with Crippen LogP contribution >= 0.6 is 11.6 Å². The number of likely N-dealkylation sites (N-methyl/N-ethyl adjacent to an activating group) is 1. The number of carbonyl (C=O) groups is 1. The number of urea groups is 1. The maximum absolute atomic E-state index is 13.3. The van der Waals surface area contributed by atoms with Crippen molar-refractivity contribution in [1.29, 1.82) is 0 Å². The third-order valence-electron chi connectivity index (χ3n) is 7.80. The fraction of sp³-hybridized carbons (Fsp3) is 0.741. The SMILES string of the molecule is CNCC(CC1CCCCC1)NC(=O)N1CCC[C@@H]([C@@](O)(CCCCO)c2cccc(Cl)c2)C1. The van der Waals surface area contributed by atoms with Crippen LogP contribution in [0.4, 0.5) is 4.79 Å². The van der Waals surface area contributed by atoms with E-state index in [-0.39, 0.29) is 24.6 Å². The van der Waals surface area contributed by atoms with Gasteiger partial charge in [0.05, 0.1) is 5.60 Å². The zero-order valence-corrected chi connectivity index (χ0v) is 21.5. The number of aliphatic hydroxyl groups excluding tert-OH is 1. The first-order chi connectivity index (χ1) is 16.5. The molecule has 0 bridgehead atoms. The van der Waals surface area contributed by atoms with Gasteiger partial charge in [0.15, 0.2) is 0 Å². The van der Waals surface area contributed by atoms with Crippen LogP contribution in [0.1, 0.15) is 76.2 Å². The Morgan fingerprint density at radius 1 is 1.21 bits per heavy atom. The molecule has 2 fully saturated rings. The highest BCUT2D eigenvalue weighted by Crippen LogP contribution is 2.40. The van der Waals surface area contributed by atoms with Gasteiger partial charge in [0.1, 0.15) is 0 Å². The molecule has 0 spiro atoms. The maximum Gasteiger partial charge on any atom is 0.317 e. The molecular weight excluding hydrogens is 450 g/mol. The van der Waals surface area contributed by atoms with Crippen molar-refractivity contribution in [2.24, 2.45) is 11.8 Å². The molecule has 6 nitrogen and oxygen atoms in total. The number of nitrogens with zero attached hydrogens (tertiary/aromatic N) is 1. The van der Waals surface area contributed by atoms with Crippen LogP contribution in [0.25, 0.3) is 0 Å². The number of halogens is 1. The van der Waals surface area contributed by atoms with Crippen molar-refractivity contribution < 1.29 is 15.0 Å². The van der Waals surface area contributed by atoms with Gasteiger partial charge < -0.3 is 25.7 Å². The first kappa shape index (κ1) is 27.3. The van der Waals surface area contributed by atoms with Gasteiger partial charge in [-0.05, 0) is 69.2 Å². The van der Waals surface area contributed by atoms with Crippen LogP contribution in [-0.2, 0) is 5.60 Å². The molecule has 3 atom stereocenters. The van der Waals surface area contributed by atoms with E-state index in [0.717, 1.165) is 31.4 Å². The zero-order valence-electron chi connectivity index (χ0n) is 20.8. The first-order valence-corrected chi connectivity index (χ1v) is 13.6. The number of amides is 2. The molecule has 1 heterocycles. The maximum atomic E-state index is 13.3. The largest absolute Gasteiger partial charge is 0.396 e. The van der Waals surface area contributed by atoms with E-state index in [0.29, 0.717) is 43.3 Å². The molecule has 1 saturated carbocycles. The smallest absolute Gasteiger partial charge is 0.317 e. The van der Waals surface area contributed by atoms with Crippen molar-refractivity contribution in [3.8, 4) is 0 Å². The number of unbranched alkanes of at least 4 members (excludes halogenated alkanes) is 1. The van der Waals surface area contributed by atoms with Crippen LogP contribution in [0.15, 0.2) is 24.3 Å². The monoisotopic (exact) mass is 493 g/mol. The minimum atomic E-state index is -1.08. The van der Waals surface area contributed by atoms with Crippen LogP contribution in [-0.4, -0.2) is 60.5 Å². The van der Waals surface area contributed by atoms with Crippen molar-refractivity contribution in [2.45, 2.75) is 82.3 Å². The van der Waals surface area contributed by atoms with Gasteiger partial charge in [-0.25, -0.2) is 4.79 Å². The molecule has 2 amide bonds. The molecule has 2 aliphatic rings. The molecule has 192 valence electrons. The van der Waals surface area contributed by atoms with E-state index in [4.69, 9.17) is 11.6 Å². The van der Waals surface area contributed by atoms with Crippen LogP contribution in [0.3, 0.4) is 0 Å². The highest BCUT2D eigenvalue weighted by Gasteiger charge is 2.41. The second-order valence-corrected chi connectivity index (χ2v) is 10.8. The number of rotatable bonds is 11. The van der Waals surface area contributed by atoms with Crippen molar-refractivity contribution in [3.63, 3.8) is 0 Å². The van der Waals surface area contributed by atoms with Crippen molar-refractivity contribution >= 4 is 17.6 Å². The summed E-state index contributed by atoms with van der Waals surface area (Å²) in [7, 11) is 1.94. The second-order valence-electron chi connectivity index (χ2n) is 10.3. The number of carbonyl (C=O) groups excluding carboxylic acids is 1. The molecule has 1 aromatic carbocycles. The van der Waals surface area contributed by atoms with E-state index >= 15 is 0 Å². The lowest BCUT2D eigenvalue weighted by Crippen LogP contribution is -2.54. The van der Waals surface area contributed by atoms with Crippen LogP contribution in [0.2, 0.25) is 5.02 Å². The van der Waals surface area contributed by atoms with Crippen LogP contribution in [0, 0.1) is 11.8 Å². The molecule has 0 aromatic heterocycles. The average molecular weight is 494 g/mol. The van der Waals surface area contributed by atoms with E-state index in [9.17, 15) is 15.0 Å². The van der Waals surface area contributed by atoms with Gasteiger partial charge in [0, 0.05) is 43.2 Å². The fourth-order valence-corrected chi connectivity index (χ4v) is 6.12. The Kier molecular flexibility index (Phi) is 11.0. The number of piperidine rings is 1. The second kappa shape index (κ2) is 13.7. The van der Waals surface area contributed by atoms with Gasteiger partial charge in [-0.1, -0.05) is 55.8 Å². The molecule has 34 heavy (non-hydrogen) atoms. The van der Waals surface area contributed by atoms with E-state index in [1.54, 1.807) is 0 Å². The summed E-state index contributed by atoms with van der Waals surface area (Å²) in [6.45, 7) is 2.11. The Morgan fingerprint density at radius 2 is 2.00 bits per heavy atom. The zero-order chi connectivity index (χ0) is 24.4. The Labute approximate surface area is 210 Å². The third kappa shape index (κ3) is 7.58. The molecular formula is C27H44ClN3O3. The Bertz CT molecular complexity index is 758. The summed E-state index contributed by atoms with van der Waals surface area (Å²) in [5, 5.41) is 28.4. The molecule has 7 heteroatoms. The van der Waals surface area contributed by atoms with Gasteiger partial charge in [-0.15, -0.1) is 0 Å². The summed E-state index contributed by atoms with van der Waals surface area (Å²) in [5.74, 6) is 0.617.